The number of hydrogen-bond donors (Lipinski definition) is 0. The zero-order valence-electron chi connectivity index (χ0n) is 14.2. The number of halogens is 4. The lowest BCUT2D eigenvalue weighted by molar-refractivity contribution is -0.143. The second kappa shape index (κ2) is 7.51. The number of carbonyl (C=O) groups is 1. The quantitative estimate of drug-likeness (QED) is 0.583. The van der Waals surface area contributed by atoms with Crippen LogP contribution >= 0.6 is 11.3 Å². The number of amides is 1. The van der Waals surface area contributed by atoms with Gasteiger partial charge in [-0.2, -0.15) is 18.3 Å². The van der Waals surface area contributed by atoms with Gasteiger partial charge in [0.05, 0.1) is 18.3 Å². The van der Waals surface area contributed by atoms with Crippen LogP contribution in [0.3, 0.4) is 0 Å². The monoisotopic (exact) mass is 397 g/mol. The van der Waals surface area contributed by atoms with Gasteiger partial charge in [-0.3, -0.25) is 4.79 Å². The van der Waals surface area contributed by atoms with E-state index in [4.69, 9.17) is 0 Å². The summed E-state index contributed by atoms with van der Waals surface area (Å²) < 4.78 is 55.6. The Kier molecular flexibility index (Phi) is 5.31. The molecule has 4 nitrogen and oxygen atoms in total. The van der Waals surface area contributed by atoms with Gasteiger partial charge in [-0.15, -0.1) is 11.3 Å². The van der Waals surface area contributed by atoms with Crippen LogP contribution < -0.4 is 0 Å². The van der Waals surface area contributed by atoms with Crippen molar-refractivity contribution in [2.24, 2.45) is 0 Å². The second-order valence-electron chi connectivity index (χ2n) is 5.67. The maximum absolute atomic E-state index is 14.0. The Morgan fingerprint density at radius 3 is 2.56 bits per heavy atom. The SMILES string of the molecule is CCN(Cc1cccs1)C(=O)c1cnn(-c2ccccc2F)c1C(F)(F)F. The zero-order valence-corrected chi connectivity index (χ0v) is 15.0. The standard InChI is InChI=1S/C18H15F4N3OS/c1-2-24(11-12-6-5-9-27-12)17(26)13-10-23-25(16(13)18(20,21)22)15-8-4-3-7-14(15)19/h3-10H,2,11H2,1H3. The molecule has 0 saturated heterocycles. The number of rotatable bonds is 5. The van der Waals surface area contributed by atoms with Gasteiger partial charge in [0.1, 0.15) is 11.5 Å². The molecule has 0 fully saturated rings. The fourth-order valence-corrected chi connectivity index (χ4v) is 3.39. The van der Waals surface area contributed by atoms with Gasteiger partial charge >= 0.3 is 6.18 Å². The number of nitrogens with zero attached hydrogens (tertiary/aromatic N) is 3. The molecular weight excluding hydrogens is 382 g/mol. The fourth-order valence-electron chi connectivity index (χ4n) is 2.67. The topological polar surface area (TPSA) is 38.1 Å². The molecular formula is C18H15F4N3OS. The van der Waals surface area contributed by atoms with Crippen LogP contribution in [0.15, 0.2) is 48.0 Å². The highest BCUT2D eigenvalue weighted by molar-refractivity contribution is 7.09. The van der Waals surface area contributed by atoms with Crippen molar-refractivity contribution in [3.8, 4) is 5.69 Å². The molecule has 3 aromatic rings. The molecule has 0 aliphatic carbocycles. The summed E-state index contributed by atoms with van der Waals surface area (Å²) in [5, 5.41) is 5.48. The predicted molar refractivity (Wildman–Crippen MR) is 93.3 cm³/mol. The Morgan fingerprint density at radius 2 is 1.96 bits per heavy atom. The molecule has 2 heterocycles. The third-order valence-electron chi connectivity index (χ3n) is 3.94. The molecule has 9 heteroatoms. The van der Waals surface area contributed by atoms with E-state index >= 15 is 0 Å². The minimum absolute atomic E-state index is 0.190. The van der Waals surface area contributed by atoms with E-state index in [1.54, 1.807) is 19.1 Å². The molecule has 0 spiro atoms. The Bertz CT molecular complexity index is 934. The summed E-state index contributed by atoms with van der Waals surface area (Å²) in [4.78, 5) is 14.9. The number of carbonyl (C=O) groups excluding carboxylic acids is 1. The lowest BCUT2D eigenvalue weighted by Crippen LogP contribution is -2.31. The first-order chi connectivity index (χ1) is 12.8. The van der Waals surface area contributed by atoms with Crippen LogP contribution in [-0.2, 0) is 12.7 Å². The molecule has 1 amide bonds. The van der Waals surface area contributed by atoms with Crippen molar-refractivity contribution in [3.05, 3.63) is 69.9 Å². The molecule has 0 saturated carbocycles. The summed E-state index contributed by atoms with van der Waals surface area (Å²) in [6.45, 7) is 2.09. The fraction of sp³-hybridized carbons (Fsp3) is 0.222. The Morgan fingerprint density at radius 1 is 1.22 bits per heavy atom. The molecule has 0 bridgehead atoms. The van der Waals surface area contributed by atoms with Crippen molar-refractivity contribution >= 4 is 17.2 Å². The van der Waals surface area contributed by atoms with Gasteiger partial charge < -0.3 is 4.90 Å². The van der Waals surface area contributed by atoms with Crippen LogP contribution in [0.2, 0.25) is 0 Å². The zero-order chi connectivity index (χ0) is 19.6. The van der Waals surface area contributed by atoms with Crippen molar-refractivity contribution < 1.29 is 22.4 Å². The summed E-state index contributed by atoms with van der Waals surface area (Å²) in [7, 11) is 0. The predicted octanol–water partition coefficient (Wildman–Crippen LogP) is 4.75. The van der Waals surface area contributed by atoms with E-state index in [0.717, 1.165) is 17.1 Å². The second-order valence-corrected chi connectivity index (χ2v) is 6.70. The van der Waals surface area contributed by atoms with E-state index in [1.165, 1.54) is 34.4 Å². The van der Waals surface area contributed by atoms with Gasteiger partial charge in [-0.05, 0) is 30.5 Å². The molecule has 0 aliphatic heterocycles. The largest absolute Gasteiger partial charge is 0.434 e. The van der Waals surface area contributed by atoms with Gasteiger partial charge in [-0.1, -0.05) is 18.2 Å². The Hall–Kier alpha value is -2.68. The highest BCUT2D eigenvalue weighted by Gasteiger charge is 2.41. The first kappa shape index (κ1) is 19.1. The van der Waals surface area contributed by atoms with E-state index < -0.39 is 29.2 Å². The molecule has 0 N–H and O–H groups in total. The van der Waals surface area contributed by atoms with Crippen molar-refractivity contribution in [1.82, 2.24) is 14.7 Å². The number of alkyl halides is 3. The van der Waals surface area contributed by atoms with Crippen LogP contribution in [0.5, 0.6) is 0 Å². The Balaban J connectivity index is 2.05. The molecule has 1 aromatic carbocycles. The molecule has 0 atom stereocenters. The summed E-state index contributed by atoms with van der Waals surface area (Å²) in [6.07, 6.45) is -4.04. The average Bonchev–Trinajstić information content (AvgIpc) is 3.28. The maximum Gasteiger partial charge on any atom is 0.434 e. The van der Waals surface area contributed by atoms with E-state index in [-0.39, 0.29) is 18.8 Å². The average molecular weight is 397 g/mol. The van der Waals surface area contributed by atoms with Crippen molar-refractivity contribution in [2.75, 3.05) is 6.54 Å². The first-order valence-electron chi connectivity index (χ1n) is 8.04. The van der Waals surface area contributed by atoms with Crippen LogP contribution in [0.1, 0.15) is 27.9 Å². The molecule has 142 valence electrons. The minimum atomic E-state index is -4.88. The maximum atomic E-state index is 14.0. The highest BCUT2D eigenvalue weighted by Crippen LogP contribution is 2.34. The van der Waals surface area contributed by atoms with Gasteiger partial charge in [-0.25, -0.2) is 9.07 Å². The number of benzene rings is 1. The van der Waals surface area contributed by atoms with Crippen molar-refractivity contribution in [3.63, 3.8) is 0 Å². The van der Waals surface area contributed by atoms with Gasteiger partial charge in [0.15, 0.2) is 5.69 Å². The van der Waals surface area contributed by atoms with Crippen LogP contribution in [0, 0.1) is 5.82 Å². The van der Waals surface area contributed by atoms with E-state index in [1.807, 2.05) is 5.38 Å². The third kappa shape index (κ3) is 3.87. The summed E-state index contributed by atoms with van der Waals surface area (Å²) in [6, 6.07) is 8.57. The lowest BCUT2D eigenvalue weighted by atomic mass is 10.2. The van der Waals surface area contributed by atoms with Gasteiger partial charge in [0.2, 0.25) is 0 Å². The number of thiophene rings is 1. The number of para-hydroxylation sites is 1. The van der Waals surface area contributed by atoms with E-state index in [0.29, 0.717) is 4.68 Å². The lowest BCUT2D eigenvalue weighted by Gasteiger charge is -2.21. The Labute approximate surface area is 156 Å². The highest BCUT2D eigenvalue weighted by atomic mass is 32.1. The van der Waals surface area contributed by atoms with Crippen LogP contribution in [-0.4, -0.2) is 27.1 Å². The summed E-state index contributed by atoms with van der Waals surface area (Å²) >= 11 is 1.41. The minimum Gasteiger partial charge on any atom is -0.334 e. The van der Waals surface area contributed by atoms with Crippen LogP contribution in [0.25, 0.3) is 5.69 Å². The smallest absolute Gasteiger partial charge is 0.334 e. The third-order valence-corrected chi connectivity index (χ3v) is 4.81. The van der Waals surface area contributed by atoms with Crippen molar-refractivity contribution in [1.29, 1.82) is 0 Å². The summed E-state index contributed by atoms with van der Waals surface area (Å²) in [5.74, 6) is -1.67. The molecule has 0 radical (unpaired) electrons. The molecule has 3 rings (SSSR count). The normalized spacial score (nSPS) is 11.6. The van der Waals surface area contributed by atoms with Crippen LogP contribution in [0.4, 0.5) is 17.6 Å². The number of aromatic nitrogens is 2. The van der Waals surface area contributed by atoms with Gasteiger partial charge in [0, 0.05) is 11.4 Å². The van der Waals surface area contributed by atoms with E-state index in [2.05, 4.69) is 5.10 Å². The molecule has 0 unspecified atom stereocenters. The molecule has 2 aromatic heterocycles. The van der Waals surface area contributed by atoms with E-state index in [9.17, 15) is 22.4 Å². The summed E-state index contributed by atoms with van der Waals surface area (Å²) in [5.41, 5.74) is -2.27. The van der Waals surface area contributed by atoms with Gasteiger partial charge in [0.25, 0.3) is 5.91 Å². The number of hydrogen-bond acceptors (Lipinski definition) is 3. The molecule has 27 heavy (non-hydrogen) atoms. The van der Waals surface area contributed by atoms with Crippen molar-refractivity contribution in [2.45, 2.75) is 19.6 Å². The first-order valence-corrected chi connectivity index (χ1v) is 8.92. The molecule has 0 aliphatic rings.